The summed E-state index contributed by atoms with van der Waals surface area (Å²) in [6, 6.07) is 6.73. The first-order valence-corrected chi connectivity index (χ1v) is 9.91. The van der Waals surface area contributed by atoms with E-state index in [1.165, 1.54) is 12.1 Å². The molecule has 0 atom stereocenters. The quantitative estimate of drug-likeness (QED) is 0.385. The van der Waals surface area contributed by atoms with Crippen molar-refractivity contribution < 1.29 is 22.4 Å². The van der Waals surface area contributed by atoms with Gasteiger partial charge in [-0.2, -0.15) is 13.2 Å². The van der Waals surface area contributed by atoms with E-state index in [4.69, 9.17) is 11.6 Å². The number of carbonyl (C=O) groups is 1. The number of thioether (sulfide) groups is 1. The van der Waals surface area contributed by atoms with Gasteiger partial charge in [-0.1, -0.05) is 46.8 Å². The zero-order valence-electron chi connectivity index (χ0n) is 14.1. The Morgan fingerprint density at radius 2 is 2.00 bits per heavy atom. The molecule has 1 aromatic carbocycles. The van der Waals surface area contributed by atoms with Gasteiger partial charge in [-0.25, -0.2) is 9.37 Å². The Bertz CT molecular complexity index is 1030. The third-order valence-electron chi connectivity index (χ3n) is 3.27. The zero-order valence-corrected chi connectivity index (χ0v) is 16.5. The summed E-state index contributed by atoms with van der Waals surface area (Å²) in [5.41, 5.74) is -0.778. The maximum absolute atomic E-state index is 13.6. The predicted molar refractivity (Wildman–Crippen MR) is 103 cm³/mol. The standard InChI is InChI=1S/C16H10ClF4N5OS2/c17-9-5-8(16(19,20)21)6-22-13(9)24-12(27)7-28-15-26-25-14(29-15)23-11-4-2-1-3-10(11)18/h1-6H,7H2,(H,23,25)(H,22,24,27). The molecule has 0 radical (unpaired) electrons. The van der Waals surface area contributed by atoms with Gasteiger partial charge in [0.1, 0.15) is 5.82 Å². The minimum absolute atomic E-state index is 0.104. The lowest BCUT2D eigenvalue weighted by Crippen LogP contribution is -2.16. The zero-order chi connectivity index (χ0) is 21.0. The number of nitrogens with one attached hydrogen (secondary N) is 2. The topological polar surface area (TPSA) is 79.8 Å². The first-order chi connectivity index (χ1) is 13.7. The molecule has 0 bridgehead atoms. The van der Waals surface area contributed by atoms with E-state index in [0.717, 1.165) is 23.1 Å². The molecule has 3 aromatic rings. The highest BCUT2D eigenvalue weighted by molar-refractivity contribution is 8.01. The molecule has 0 aliphatic heterocycles. The monoisotopic (exact) mass is 463 g/mol. The van der Waals surface area contributed by atoms with Gasteiger partial charge in [0.2, 0.25) is 11.0 Å². The molecule has 0 aliphatic carbocycles. The molecule has 0 aliphatic rings. The van der Waals surface area contributed by atoms with Crippen LogP contribution in [-0.2, 0) is 11.0 Å². The summed E-state index contributed by atoms with van der Waals surface area (Å²) in [4.78, 5) is 15.5. The number of anilines is 3. The Morgan fingerprint density at radius 3 is 2.69 bits per heavy atom. The fraction of sp³-hybridized carbons (Fsp3) is 0.125. The average molecular weight is 464 g/mol. The fourth-order valence-corrected chi connectivity index (χ4v) is 3.75. The summed E-state index contributed by atoms with van der Waals surface area (Å²) in [5.74, 6) is -1.27. The van der Waals surface area contributed by atoms with Gasteiger partial charge < -0.3 is 10.6 Å². The van der Waals surface area contributed by atoms with Crippen molar-refractivity contribution in [1.29, 1.82) is 0 Å². The lowest BCUT2D eigenvalue weighted by molar-refractivity contribution is -0.137. The molecule has 2 heterocycles. The molecule has 2 aromatic heterocycles. The van der Waals surface area contributed by atoms with Crippen LogP contribution in [0.15, 0.2) is 40.9 Å². The number of rotatable bonds is 6. The van der Waals surface area contributed by atoms with Crippen LogP contribution in [0.4, 0.5) is 34.2 Å². The number of hydrogen-bond acceptors (Lipinski definition) is 7. The maximum atomic E-state index is 13.6. The summed E-state index contributed by atoms with van der Waals surface area (Å²) >= 11 is 7.90. The van der Waals surface area contributed by atoms with E-state index in [1.54, 1.807) is 12.1 Å². The molecular formula is C16H10ClF4N5OS2. The molecule has 13 heteroatoms. The van der Waals surface area contributed by atoms with Crippen molar-refractivity contribution in [3.8, 4) is 0 Å². The SMILES string of the molecule is O=C(CSc1nnc(Nc2ccccc2F)s1)Nc1ncc(C(F)(F)F)cc1Cl. The van der Waals surface area contributed by atoms with Crippen LogP contribution in [0, 0.1) is 5.82 Å². The molecule has 0 spiro atoms. The molecule has 0 unspecified atom stereocenters. The molecule has 0 fully saturated rings. The van der Waals surface area contributed by atoms with Crippen LogP contribution in [0.3, 0.4) is 0 Å². The van der Waals surface area contributed by atoms with E-state index >= 15 is 0 Å². The molecule has 1 amide bonds. The van der Waals surface area contributed by atoms with Gasteiger partial charge >= 0.3 is 6.18 Å². The Kier molecular flexibility index (Phi) is 6.55. The highest BCUT2D eigenvalue weighted by Gasteiger charge is 2.31. The number of pyridine rings is 1. The van der Waals surface area contributed by atoms with Crippen molar-refractivity contribution in [1.82, 2.24) is 15.2 Å². The molecular weight excluding hydrogens is 454 g/mol. The maximum Gasteiger partial charge on any atom is 0.417 e. The lowest BCUT2D eigenvalue weighted by atomic mass is 10.3. The first-order valence-electron chi connectivity index (χ1n) is 7.73. The number of carbonyl (C=O) groups excluding carboxylic acids is 1. The van der Waals surface area contributed by atoms with E-state index in [1.807, 2.05) is 0 Å². The van der Waals surface area contributed by atoms with Crippen molar-refractivity contribution >= 4 is 57.2 Å². The largest absolute Gasteiger partial charge is 0.417 e. The number of aromatic nitrogens is 3. The number of hydrogen-bond donors (Lipinski definition) is 2. The second-order valence-electron chi connectivity index (χ2n) is 5.37. The highest BCUT2D eigenvalue weighted by atomic mass is 35.5. The summed E-state index contributed by atoms with van der Waals surface area (Å²) in [6.45, 7) is 0. The molecule has 0 saturated carbocycles. The predicted octanol–water partition coefficient (Wildman–Crippen LogP) is 5.22. The van der Waals surface area contributed by atoms with E-state index in [9.17, 15) is 22.4 Å². The third-order valence-corrected chi connectivity index (χ3v) is 5.54. The normalized spacial score (nSPS) is 11.3. The van der Waals surface area contributed by atoms with Crippen LogP contribution >= 0.6 is 34.7 Å². The van der Waals surface area contributed by atoms with Crippen molar-refractivity contribution in [2.45, 2.75) is 10.5 Å². The summed E-state index contributed by atoms with van der Waals surface area (Å²) in [5, 5.41) is 12.9. The Morgan fingerprint density at radius 1 is 1.24 bits per heavy atom. The van der Waals surface area contributed by atoms with Crippen LogP contribution in [-0.4, -0.2) is 26.8 Å². The second-order valence-corrected chi connectivity index (χ2v) is 7.97. The molecule has 152 valence electrons. The van der Waals surface area contributed by atoms with Crippen LogP contribution in [0.5, 0.6) is 0 Å². The van der Waals surface area contributed by atoms with Crippen LogP contribution < -0.4 is 10.6 Å². The van der Waals surface area contributed by atoms with Gasteiger partial charge in [-0.15, -0.1) is 10.2 Å². The number of amides is 1. The average Bonchev–Trinajstić information content (AvgIpc) is 3.10. The minimum Gasteiger partial charge on any atom is -0.328 e. The molecule has 2 N–H and O–H groups in total. The van der Waals surface area contributed by atoms with Crippen molar-refractivity contribution in [3.05, 3.63) is 52.9 Å². The Balaban J connectivity index is 1.55. The van der Waals surface area contributed by atoms with Crippen LogP contribution in [0.1, 0.15) is 5.56 Å². The van der Waals surface area contributed by atoms with Crippen molar-refractivity contribution in [2.75, 3.05) is 16.4 Å². The van der Waals surface area contributed by atoms with Crippen LogP contribution in [0.25, 0.3) is 0 Å². The van der Waals surface area contributed by atoms with Gasteiger partial charge in [-0.3, -0.25) is 4.79 Å². The third kappa shape index (κ3) is 5.78. The van der Waals surface area contributed by atoms with Gasteiger partial charge in [0.25, 0.3) is 0 Å². The second kappa shape index (κ2) is 8.93. The number of benzene rings is 1. The fourth-order valence-electron chi connectivity index (χ4n) is 1.98. The van der Waals surface area contributed by atoms with Gasteiger partial charge in [0.05, 0.1) is 22.0 Å². The lowest BCUT2D eigenvalue weighted by Gasteiger charge is -2.09. The minimum atomic E-state index is -4.58. The Hall–Kier alpha value is -2.44. The van der Waals surface area contributed by atoms with Crippen molar-refractivity contribution in [2.24, 2.45) is 0 Å². The van der Waals surface area contributed by atoms with Gasteiger partial charge in [-0.05, 0) is 18.2 Å². The molecule has 6 nitrogen and oxygen atoms in total. The summed E-state index contributed by atoms with van der Waals surface area (Å²) in [6.07, 6.45) is -4.00. The van der Waals surface area contributed by atoms with Crippen LogP contribution in [0.2, 0.25) is 5.02 Å². The molecule has 0 saturated heterocycles. The smallest absolute Gasteiger partial charge is 0.328 e. The molecule has 29 heavy (non-hydrogen) atoms. The van der Waals surface area contributed by atoms with E-state index in [-0.39, 0.29) is 22.3 Å². The van der Waals surface area contributed by atoms with E-state index < -0.39 is 23.5 Å². The summed E-state index contributed by atoms with van der Waals surface area (Å²) < 4.78 is 51.9. The number of alkyl halides is 3. The van der Waals surface area contributed by atoms with E-state index in [0.29, 0.717) is 21.7 Å². The Labute approximate surface area is 174 Å². The number of para-hydroxylation sites is 1. The van der Waals surface area contributed by atoms with Gasteiger partial charge in [0, 0.05) is 6.20 Å². The van der Waals surface area contributed by atoms with Gasteiger partial charge in [0.15, 0.2) is 10.2 Å². The number of nitrogens with zero attached hydrogens (tertiary/aromatic N) is 3. The highest BCUT2D eigenvalue weighted by Crippen LogP contribution is 2.33. The van der Waals surface area contributed by atoms with E-state index in [2.05, 4.69) is 25.8 Å². The molecule has 3 rings (SSSR count). The first kappa shape index (κ1) is 21.3. The number of halogens is 5. The summed E-state index contributed by atoms with van der Waals surface area (Å²) in [7, 11) is 0. The van der Waals surface area contributed by atoms with Crippen molar-refractivity contribution in [3.63, 3.8) is 0 Å².